The first-order valence-corrected chi connectivity index (χ1v) is 7.61. The van der Waals surface area contributed by atoms with Crippen LogP contribution in [-0.2, 0) is 6.54 Å². The average Bonchev–Trinajstić information content (AvgIpc) is 2.53. The number of fused-ring (bicyclic) bond motifs is 1. The van der Waals surface area contributed by atoms with Gasteiger partial charge in [0.25, 0.3) is 0 Å². The maximum Gasteiger partial charge on any atom is 0.124 e. The molecule has 1 aromatic heterocycles. The van der Waals surface area contributed by atoms with E-state index in [0.717, 1.165) is 30.8 Å². The highest BCUT2D eigenvalue weighted by molar-refractivity contribution is 5.38. The van der Waals surface area contributed by atoms with Crippen LogP contribution in [0.5, 0.6) is 5.75 Å². The summed E-state index contributed by atoms with van der Waals surface area (Å²) in [6, 6.07) is 14.7. The van der Waals surface area contributed by atoms with Gasteiger partial charge in [0.15, 0.2) is 0 Å². The Morgan fingerprint density at radius 1 is 1.24 bits per heavy atom. The third kappa shape index (κ3) is 3.08. The van der Waals surface area contributed by atoms with Crippen LogP contribution in [-0.4, -0.2) is 10.6 Å². The molecule has 1 aromatic carbocycles. The van der Waals surface area contributed by atoms with E-state index in [-0.39, 0.29) is 5.60 Å². The number of nitrogens with zero attached hydrogens (tertiary/aromatic N) is 1. The minimum atomic E-state index is -0.101. The minimum absolute atomic E-state index is 0.101. The molecule has 2 atom stereocenters. The fourth-order valence-electron chi connectivity index (χ4n) is 2.84. The quantitative estimate of drug-likeness (QED) is 0.924. The number of benzene rings is 1. The Kier molecular flexibility index (Phi) is 3.93. The van der Waals surface area contributed by atoms with Crippen LogP contribution in [0, 0.1) is 0 Å². The predicted molar refractivity (Wildman–Crippen MR) is 84.2 cm³/mol. The summed E-state index contributed by atoms with van der Waals surface area (Å²) in [7, 11) is 0. The summed E-state index contributed by atoms with van der Waals surface area (Å²) in [5.41, 5.74) is 2.22. The minimum Gasteiger partial charge on any atom is -0.487 e. The highest BCUT2D eigenvalue weighted by Gasteiger charge is 2.35. The van der Waals surface area contributed by atoms with E-state index in [1.54, 1.807) is 0 Å². The van der Waals surface area contributed by atoms with Gasteiger partial charge in [-0.2, -0.15) is 0 Å². The van der Waals surface area contributed by atoms with Crippen LogP contribution >= 0.6 is 0 Å². The Labute approximate surface area is 126 Å². The van der Waals surface area contributed by atoms with Crippen molar-refractivity contribution in [2.45, 2.75) is 44.9 Å². The second kappa shape index (κ2) is 5.86. The molecule has 0 spiro atoms. The smallest absolute Gasteiger partial charge is 0.124 e. The van der Waals surface area contributed by atoms with Gasteiger partial charge >= 0.3 is 0 Å². The molecule has 110 valence electrons. The SMILES string of the molecule is CCC1(C)CC(NCc2ccccn2)c2ccccc2O1. The first-order chi connectivity index (χ1) is 10.2. The van der Waals surface area contributed by atoms with Crippen molar-refractivity contribution in [2.24, 2.45) is 0 Å². The second-order valence-corrected chi connectivity index (χ2v) is 5.90. The largest absolute Gasteiger partial charge is 0.487 e. The zero-order chi connectivity index (χ0) is 14.7. The number of nitrogens with one attached hydrogen (secondary N) is 1. The maximum atomic E-state index is 6.20. The van der Waals surface area contributed by atoms with Gasteiger partial charge in [-0.05, 0) is 31.5 Å². The third-order valence-electron chi connectivity index (χ3n) is 4.29. The summed E-state index contributed by atoms with van der Waals surface area (Å²) < 4.78 is 6.20. The molecule has 3 nitrogen and oxygen atoms in total. The number of ether oxygens (including phenoxy) is 1. The first-order valence-electron chi connectivity index (χ1n) is 7.61. The van der Waals surface area contributed by atoms with Crippen molar-refractivity contribution in [3.05, 3.63) is 59.9 Å². The summed E-state index contributed by atoms with van der Waals surface area (Å²) in [6.07, 6.45) is 3.82. The Hall–Kier alpha value is -1.87. The summed E-state index contributed by atoms with van der Waals surface area (Å²) >= 11 is 0. The van der Waals surface area contributed by atoms with Gasteiger partial charge in [-0.1, -0.05) is 31.2 Å². The van der Waals surface area contributed by atoms with Crippen molar-refractivity contribution in [3.63, 3.8) is 0 Å². The van der Waals surface area contributed by atoms with E-state index in [9.17, 15) is 0 Å². The molecule has 0 aliphatic carbocycles. The van der Waals surface area contributed by atoms with Gasteiger partial charge in [-0.3, -0.25) is 4.98 Å². The third-order valence-corrected chi connectivity index (χ3v) is 4.29. The van der Waals surface area contributed by atoms with Crippen LogP contribution < -0.4 is 10.1 Å². The van der Waals surface area contributed by atoms with Gasteiger partial charge in [0.05, 0.1) is 5.69 Å². The molecule has 21 heavy (non-hydrogen) atoms. The molecule has 0 fully saturated rings. The Morgan fingerprint density at radius 2 is 2.05 bits per heavy atom. The van der Waals surface area contributed by atoms with E-state index in [1.165, 1.54) is 5.56 Å². The Morgan fingerprint density at radius 3 is 2.81 bits per heavy atom. The van der Waals surface area contributed by atoms with Crippen LogP contribution in [0.1, 0.15) is 44.0 Å². The zero-order valence-corrected chi connectivity index (χ0v) is 12.7. The maximum absolute atomic E-state index is 6.20. The molecular formula is C18H22N2O. The van der Waals surface area contributed by atoms with E-state index in [0.29, 0.717) is 6.04 Å². The summed E-state index contributed by atoms with van der Waals surface area (Å²) in [4.78, 5) is 4.38. The molecule has 3 heteroatoms. The molecule has 0 saturated heterocycles. The standard InChI is InChI=1S/C18H22N2O/c1-3-18(2)12-16(15-9-4-5-10-17(15)21-18)20-13-14-8-6-7-11-19-14/h4-11,16,20H,3,12-13H2,1-2H3. The van der Waals surface area contributed by atoms with Gasteiger partial charge in [0, 0.05) is 30.8 Å². The van der Waals surface area contributed by atoms with Crippen LogP contribution in [0.25, 0.3) is 0 Å². The van der Waals surface area contributed by atoms with E-state index in [4.69, 9.17) is 4.74 Å². The average molecular weight is 282 g/mol. The van der Waals surface area contributed by atoms with Crippen molar-refractivity contribution in [2.75, 3.05) is 0 Å². The van der Waals surface area contributed by atoms with Crippen molar-refractivity contribution >= 4 is 0 Å². The molecule has 0 saturated carbocycles. The zero-order valence-electron chi connectivity index (χ0n) is 12.7. The molecule has 2 heterocycles. The van der Waals surface area contributed by atoms with Gasteiger partial charge in [0.1, 0.15) is 11.4 Å². The van der Waals surface area contributed by atoms with Crippen LogP contribution in [0.15, 0.2) is 48.7 Å². The van der Waals surface area contributed by atoms with Crippen molar-refractivity contribution < 1.29 is 4.74 Å². The fraction of sp³-hybridized carbons (Fsp3) is 0.389. The molecule has 1 aliphatic heterocycles. The number of rotatable bonds is 4. The van der Waals surface area contributed by atoms with Crippen molar-refractivity contribution in [3.8, 4) is 5.75 Å². The van der Waals surface area contributed by atoms with Crippen LogP contribution in [0.2, 0.25) is 0 Å². The lowest BCUT2D eigenvalue weighted by atomic mass is 9.86. The van der Waals surface area contributed by atoms with Gasteiger partial charge in [-0.15, -0.1) is 0 Å². The van der Waals surface area contributed by atoms with Gasteiger partial charge in [0.2, 0.25) is 0 Å². The van der Waals surface area contributed by atoms with Crippen molar-refractivity contribution in [1.82, 2.24) is 10.3 Å². The number of para-hydroxylation sites is 1. The summed E-state index contributed by atoms with van der Waals surface area (Å²) in [5.74, 6) is 1.01. The number of pyridine rings is 1. The molecular weight excluding hydrogens is 260 g/mol. The van der Waals surface area contributed by atoms with E-state index in [2.05, 4.69) is 48.4 Å². The second-order valence-electron chi connectivity index (χ2n) is 5.90. The van der Waals surface area contributed by atoms with Crippen molar-refractivity contribution in [1.29, 1.82) is 0 Å². The normalized spacial score (nSPS) is 24.2. The molecule has 2 unspecified atom stereocenters. The highest BCUT2D eigenvalue weighted by atomic mass is 16.5. The van der Waals surface area contributed by atoms with Crippen LogP contribution in [0.4, 0.5) is 0 Å². The lowest BCUT2D eigenvalue weighted by Gasteiger charge is -2.39. The van der Waals surface area contributed by atoms with Crippen LogP contribution in [0.3, 0.4) is 0 Å². The Bertz CT molecular complexity index is 599. The Balaban J connectivity index is 1.80. The first kappa shape index (κ1) is 14.1. The molecule has 0 radical (unpaired) electrons. The molecule has 0 bridgehead atoms. The van der Waals surface area contributed by atoms with Gasteiger partial charge in [-0.25, -0.2) is 0 Å². The molecule has 1 aliphatic rings. The predicted octanol–water partition coefficient (Wildman–Crippen LogP) is 3.86. The number of hydrogen-bond acceptors (Lipinski definition) is 3. The lowest BCUT2D eigenvalue weighted by molar-refractivity contribution is 0.0439. The summed E-state index contributed by atoms with van der Waals surface area (Å²) in [5, 5.41) is 3.64. The van der Waals surface area contributed by atoms with E-state index in [1.807, 2.05) is 24.4 Å². The fourth-order valence-corrected chi connectivity index (χ4v) is 2.84. The topological polar surface area (TPSA) is 34.2 Å². The van der Waals surface area contributed by atoms with E-state index < -0.39 is 0 Å². The molecule has 0 amide bonds. The highest BCUT2D eigenvalue weighted by Crippen LogP contribution is 2.40. The monoisotopic (exact) mass is 282 g/mol. The summed E-state index contributed by atoms with van der Waals surface area (Å²) in [6.45, 7) is 5.15. The lowest BCUT2D eigenvalue weighted by Crippen LogP contribution is -2.41. The number of hydrogen-bond donors (Lipinski definition) is 1. The van der Waals surface area contributed by atoms with E-state index >= 15 is 0 Å². The van der Waals surface area contributed by atoms with Gasteiger partial charge < -0.3 is 10.1 Å². The number of aromatic nitrogens is 1. The molecule has 3 rings (SSSR count). The molecule has 2 aromatic rings. The molecule has 1 N–H and O–H groups in total.